The van der Waals surface area contributed by atoms with Crippen LogP contribution in [0.4, 0.5) is 0 Å². The zero-order valence-electron chi connectivity index (χ0n) is 23.7. The summed E-state index contributed by atoms with van der Waals surface area (Å²) in [5, 5.41) is 18.0. The van der Waals surface area contributed by atoms with Gasteiger partial charge in [-0.15, -0.1) is 5.10 Å². The van der Waals surface area contributed by atoms with Crippen LogP contribution in [0.3, 0.4) is 0 Å². The molecule has 11 nitrogen and oxygen atoms in total. The maximum Gasteiger partial charge on any atom is 0.304 e. The molecule has 0 saturated heterocycles. The first-order valence-corrected chi connectivity index (χ1v) is 14.4. The Morgan fingerprint density at radius 3 is 2.44 bits per heavy atom. The molecule has 0 aliphatic carbocycles. The summed E-state index contributed by atoms with van der Waals surface area (Å²) in [6, 6.07) is 15.5. The van der Waals surface area contributed by atoms with E-state index in [1.165, 1.54) is 23.5 Å². The third-order valence-corrected chi connectivity index (χ3v) is 8.76. The van der Waals surface area contributed by atoms with Gasteiger partial charge in [0.1, 0.15) is 29.1 Å². The molecule has 1 aromatic heterocycles. The first kappa shape index (κ1) is 30.0. The second-order valence-electron chi connectivity index (χ2n) is 9.71. The molecular weight excluding hydrogens is 548 g/mol. The molecular formula is C29H34N4O7S. The van der Waals surface area contributed by atoms with Crippen molar-refractivity contribution in [1.82, 2.24) is 19.3 Å². The summed E-state index contributed by atoms with van der Waals surface area (Å²) in [6.07, 6.45) is -0.176. The molecule has 4 aromatic rings. The summed E-state index contributed by atoms with van der Waals surface area (Å²) in [6.45, 7) is 2.78. The third kappa shape index (κ3) is 6.67. The summed E-state index contributed by atoms with van der Waals surface area (Å²) >= 11 is 0. The van der Waals surface area contributed by atoms with Crippen LogP contribution in [0.5, 0.6) is 11.5 Å². The number of hydrogen-bond acceptors (Lipinski definition) is 8. The van der Waals surface area contributed by atoms with E-state index in [0.29, 0.717) is 41.3 Å². The number of fused-ring (bicyclic) bond motifs is 1. The number of ether oxygens (including phenoxy) is 3. The number of aryl methyl sites for hydroxylation is 2. The van der Waals surface area contributed by atoms with Gasteiger partial charge in [0, 0.05) is 33.7 Å². The Hall–Kier alpha value is -4.00. The van der Waals surface area contributed by atoms with Gasteiger partial charge in [-0.2, -0.15) is 4.31 Å². The lowest BCUT2D eigenvalue weighted by Gasteiger charge is -2.22. The van der Waals surface area contributed by atoms with Crippen molar-refractivity contribution in [3.05, 3.63) is 76.9 Å². The molecule has 218 valence electrons. The minimum Gasteiger partial charge on any atom is -0.494 e. The number of carbonyl (C=O) groups is 1. The minimum atomic E-state index is -3.81. The molecule has 0 bridgehead atoms. The van der Waals surface area contributed by atoms with E-state index < -0.39 is 21.9 Å². The number of carboxylic acid groups (broad SMARTS) is 1. The molecule has 12 heteroatoms. The van der Waals surface area contributed by atoms with Crippen LogP contribution in [-0.4, -0.2) is 73.3 Å². The van der Waals surface area contributed by atoms with Crippen molar-refractivity contribution in [3.8, 4) is 11.5 Å². The quantitative estimate of drug-likeness (QED) is 0.234. The lowest BCUT2D eigenvalue weighted by atomic mass is 9.86. The van der Waals surface area contributed by atoms with E-state index in [0.717, 1.165) is 16.7 Å². The number of carboxylic acids is 1. The smallest absolute Gasteiger partial charge is 0.304 e. The van der Waals surface area contributed by atoms with Gasteiger partial charge in [-0.3, -0.25) is 4.79 Å². The summed E-state index contributed by atoms with van der Waals surface area (Å²) in [4.78, 5) is 12.1. The standard InChI is InChI=1S/C29H34N4O7S/c1-19-6-7-20(25(17-28(34)35)21-15-26-29(27(16-21)39-5)33(3)31-30-26)14-22(19)18-32(2)41(36,37)24-10-8-23(9-11-24)40-13-12-38-4/h6-11,14-16,25H,12-13,17-18H2,1-5H3,(H,34,35). The Morgan fingerprint density at radius 1 is 1.05 bits per heavy atom. The van der Waals surface area contributed by atoms with Crippen molar-refractivity contribution < 1.29 is 32.5 Å². The normalized spacial score (nSPS) is 12.5. The SMILES string of the molecule is COCCOc1ccc(S(=O)(=O)N(C)Cc2cc(C(CC(=O)O)c3cc(OC)c4c(c3)nnn4C)ccc2C)cc1. The average Bonchev–Trinajstić information content (AvgIpc) is 3.33. The number of nitrogens with zero attached hydrogens (tertiary/aromatic N) is 4. The van der Waals surface area contributed by atoms with Crippen molar-refractivity contribution in [3.63, 3.8) is 0 Å². The van der Waals surface area contributed by atoms with Crippen molar-refractivity contribution >= 4 is 27.0 Å². The predicted molar refractivity (Wildman–Crippen MR) is 153 cm³/mol. The molecule has 1 atom stereocenters. The van der Waals surface area contributed by atoms with E-state index in [4.69, 9.17) is 14.2 Å². The highest BCUT2D eigenvalue weighted by atomic mass is 32.2. The molecule has 0 fully saturated rings. The number of aromatic nitrogens is 3. The van der Waals surface area contributed by atoms with Crippen LogP contribution in [0.2, 0.25) is 0 Å². The van der Waals surface area contributed by atoms with E-state index in [1.54, 1.807) is 44.1 Å². The van der Waals surface area contributed by atoms with Gasteiger partial charge in [-0.05, 0) is 65.6 Å². The maximum atomic E-state index is 13.4. The van der Waals surface area contributed by atoms with Crippen LogP contribution in [0.1, 0.15) is 34.6 Å². The lowest BCUT2D eigenvalue weighted by molar-refractivity contribution is -0.137. The summed E-state index contributed by atoms with van der Waals surface area (Å²) < 4.78 is 45.7. The summed E-state index contributed by atoms with van der Waals surface area (Å²) in [5.41, 5.74) is 4.38. The lowest BCUT2D eigenvalue weighted by Crippen LogP contribution is -2.27. The fourth-order valence-corrected chi connectivity index (χ4v) is 5.82. The van der Waals surface area contributed by atoms with Crippen molar-refractivity contribution in [1.29, 1.82) is 0 Å². The van der Waals surface area contributed by atoms with Crippen LogP contribution in [0.25, 0.3) is 11.0 Å². The molecule has 0 amide bonds. The Balaban J connectivity index is 1.63. The van der Waals surface area contributed by atoms with Gasteiger partial charge in [0.25, 0.3) is 0 Å². The maximum absolute atomic E-state index is 13.4. The van der Waals surface area contributed by atoms with Gasteiger partial charge in [-0.25, -0.2) is 13.1 Å². The van der Waals surface area contributed by atoms with Crippen LogP contribution in [-0.2, 0) is 33.1 Å². The molecule has 0 aliphatic rings. The fourth-order valence-electron chi connectivity index (χ4n) is 4.67. The molecule has 0 saturated carbocycles. The number of benzene rings is 3. The number of methoxy groups -OCH3 is 2. The van der Waals surface area contributed by atoms with Crippen molar-refractivity contribution in [2.75, 3.05) is 34.5 Å². The number of rotatable bonds is 13. The van der Waals surface area contributed by atoms with E-state index >= 15 is 0 Å². The molecule has 3 aromatic carbocycles. The largest absolute Gasteiger partial charge is 0.494 e. The van der Waals surface area contributed by atoms with Crippen molar-refractivity contribution in [2.45, 2.75) is 30.7 Å². The summed E-state index contributed by atoms with van der Waals surface area (Å²) in [5.74, 6) is -0.411. The number of hydrogen-bond donors (Lipinski definition) is 1. The first-order chi connectivity index (χ1) is 19.5. The fraction of sp³-hybridized carbons (Fsp3) is 0.345. The topological polar surface area (TPSA) is 133 Å². The van der Waals surface area contributed by atoms with Crippen LogP contribution < -0.4 is 9.47 Å². The summed E-state index contributed by atoms with van der Waals surface area (Å²) in [7, 11) is 2.59. The van der Waals surface area contributed by atoms with E-state index in [2.05, 4.69) is 10.3 Å². The van der Waals surface area contributed by atoms with Gasteiger partial charge < -0.3 is 19.3 Å². The zero-order valence-corrected chi connectivity index (χ0v) is 24.5. The zero-order chi connectivity index (χ0) is 29.7. The highest BCUT2D eigenvalue weighted by Crippen LogP contribution is 2.35. The Kier molecular flexibility index (Phi) is 9.26. The van der Waals surface area contributed by atoms with E-state index in [-0.39, 0.29) is 17.9 Å². The second-order valence-corrected chi connectivity index (χ2v) is 11.8. The molecule has 0 radical (unpaired) electrons. The molecule has 1 N–H and O–H groups in total. The Bertz CT molecular complexity index is 1640. The minimum absolute atomic E-state index is 0.0976. The third-order valence-electron chi connectivity index (χ3n) is 6.95. The van der Waals surface area contributed by atoms with Crippen LogP contribution in [0, 0.1) is 6.92 Å². The molecule has 4 rings (SSSR count). The molecule has 1 unspecified atom stereocenters. The van der Waals surface area contributed by atoms with Gasteiger partial charge >= 0.3 is 5.97 Å². The highest BCUT2D eigenvalue weighted by molar-refractivity contribution is 7.89. The molecule has 0 aliphatic heterocycles. The van der Waals surface area contributed by atoms with Gasteiger partial charge in [0.15, 0.2) is 0 Å². The Morgan fingerprint density at radius 2 is 1.78 bits per heavy atom. The second kappa shape index (κ2) is 12.7. The first-order valence-electron chi connectivity index (χ1n) is 12.9. The monoisotopic (exact) mass is 582 g/mol. The van der Waals surface area contributed by atoms with Gasteiger partial charge in [-0.1, -0.05) is 23.4 Å². The molecule has 0 spiro atoms. The average molecular weight is 583 g/mol. The van der Waals surface area contributed by atoms with Gasteiger partial charge in [0.2, 0.25) is 10.0 Å². The van der Waals surface area contributed by atoms with Crippen molar-refractivity contribution in [2.24, 2.45) is 7.05 Å². The predicted octanol–water partition coefficient (Wildman–Crippen LogP) is 3.74. The van der Waals surface area contributed by atoms with Crippen LogP contribution >= 0.6 is 0 Å². The van der Waals surface area contributed by atoms with Crippen LogP contribution in [0.15, 0.2) is 59.5 Å². The number of sulfonamides is 1. The van der Waals surface area contributed by atoms with Gasteiger partial charge in [0.05, 0.1) is 25.0 Å². The number of aliphatic carboxylic acids is 1. The Labute approximate surface area is 239 Å². The molecule has 1 heterocycles. The highest BCUT2D eigenvalue weighted by Gasteiger charge is 2.25. The van der Waals surface area contributed by atoms with E-state index in [1.807, 2.05) is 31.2 Å². The molecule has 41 heavy (non-hydrogen) atoms. The van der Waals surface area contributed by atoms with E-state index in [9.17, 15) is 18.3 Å².